The molecule has 0 unspecified atom stereocenters. The van der Waals surface area contributed by atoms with Gasteiger partial charge in [-0.25, -0.2) is 12.8 Å². The lowest BCUT2D eigenvalue weighted by molar-refractivity contribution is 0.594. The molecule has 0 N–H and O–H groups in total. The minimum atomic E-state index is -3.94. The zero-order valence-corrected chi connectivity index (χ0v) is 13.7. The summed E-state index contributed by atoms with van der Waals surface area (Å²) in [6.45, 7) is 0. The van der Waals surface area contributed by atoms with E-state index in [0.29, 0.717) is 0 Å². The molecule has 112 valence electrons. The molecule has 0 fully saturated rings. The highest BCUT2D eigenvalue weighted by Crippen LogP contribution is 2.31. The van der Waals surface area contributed by atoms with Gasteiger partial charge in [0, 0.05) is 12.1 Å². The van der Waals surface area contributed by atoms with Gasteiger partial charge in [-0.2, -0.15) is 0 Å². The number of hydrogen-bond acceptors (Lipinski definition) is 2. The standard InChI is InChI=1S/C13H9Cl3FNO2S/c1-18(9-3-5-12(17)11(16)7-9)21(19,20)13-6-8(14)2-4-10(13)15/h2-7H,1H3. The van der Waals surface area contributed by atoms with Gasteiger partial charge in [-0.1, -0.05) is 34.8 Å². The van der Waals surface area contributed by atoms with Gasteiger partial charge in [0.2, 0.25) is 0 Å². The largest absolute Gasteiger partial charge is 0.269 e. The van der Waals surface area contributed by atoms with Crippen molar-refractivity contribution in [1.82, 2.24) is 0 Å². The third-order valence-electron chi connectivity index (χ3n) is 2.80. The van der Waals surface area contributed by atoms with Crippen LogP contribution in [0.25, 0.3) is 0 Å². The van der Waals surface area contributed by atoms with Gasteiger partial charge in [0.1, 0.15) is 10.7 Å². The van der Waals surface area contributed by atoms with E-state index in [1.807, 2.05) is 0 Å². The topological polar surface area (TPSA) is 37.4 Å². The average Bonchev–Trinajstić information content (AvgIpc) is 2.43. The van der Waals surface area contributed by atoms with Crippen molar-refractivity contribution < 1.29 is 12.8 Å². The van der Waals surface area contributed by atoms with Gasteiger partial charge in [0.15, 0.2) is 0 Å². The number of sulfonamides is 1. The van der Waals surface area contributed by atoms with E-state index in [4.69, 9.17) is 34.8 Å². The van der Waals surface area contributed by atoms with Crippen LogP contribution in [0.5, 0.6) is 0 Å². The fraction of sp³-hybridized carbons (Fsp3) is 0.0769. The molecule has 0 heterocycles. The maximum Gasteiger partial charge on any atom is 0.265 e. The summed E-state index contributed by atoms with van der Waals surface area (Å²) >= 11 is 17.4. The monoisotopic (exact) mass is 367 g/mol. The maximum atomic E-state index is 13.2. The van der Waals surface area contributed by atoms with Crippen LogP contribution in [-0.2, 0) is 10.0 Å². The molecule has 0 aliphatic heterocycles. The number of hydrogen-bond donors (Lipinski definition) is 0. The molecule has 0 aliphatic rings. The lowest BCUT2D eigenvalue weighted by Gasteiger charge is -2.20. The molecule has 0 radical (unpaired) electrons. The smallest absolute Gasteiger partial charge is 0.265 e. The molecule has 0 aliphatic carbocycles. The minimum Gasteiger partial charge on any atom is -0.269 e. The van der Waals surface area contributed by atoms with Crippen LogP contribution in [0, 0.1) is 5.82 Å². The molecule has 21 heavy (non-hydrogen) atoms. The fourth-order valence-electron chi connectivity index (χ4n) is 1.64. The Balaban J connectivity index is 2.52. The number of nitrogens with zero attached hydrogens (tertiary/aromatic N) is 1. The molecule has 0 bridgehead atoms. The molecule has 3 nitrogen and oxygen atoms in total. The van der Waals surface area contributed by atoms with Crippen molar-refractivity contribution in [2.75, 3.05) is 11.4 Å². The Kier molecular flexibility index (Phi) is 4.68. The lowest BCUT2D eigenvalue weighted by atomic mass is 10.3. The van der Waals surface area contributed by atoms with Crippen molar-refractivity contribution >= 4 is 50.5 Å². The molecule has 0 saturated heterocycles. The summed E-state index contributed by atoms with van der Waals surface area (Å²) in [7, 11) is -2.62. The molecular weight excluding hydrogens is 360 g/mol. The predicted octanol–water partition coefficient (Wildman–Crippen LogP) is 4.61. The molecule has 2 aromatic rings. The summed E-state index contributed by atoms with van der Waals surface area (Å²) in [5.74, 6) is -0.632. The van der Waals surface area contributed by atoms with Crippen LogP contribution in [0.4, 0.5) is 10.1 Å². The third-order valence-corrected chi connectivity index (χ3v) is 5.59. The Morgan fingerprint density at radius 1 is 1.00 bits per heavy atom. The molecule has 0 amide bonds. The summed E-state index contributed by atoms with van der Waals surface area (Å²) in [4.78, 5) is -0.139. The van der Waals surface area contributed by atoms with Crippen molar-refractivity contribution in [2.24, 2.45) is 0 Å². The highest BCUT2D eigenvalue weighted by molar-refractivity contribution is 7.93. The normalized spacial score (nSPS) is 11.5. The van der Waals surface area contributed by atoms with E-state index >= 15 is 0 Å². The molecule has 2 rings (SSSR count). The Morgan fingerprint density at radius 2 is 1.67 bits per heavy atom. The highest BCUT2D eigenvalue weighted by atomic mass is 35.5. The van der Waals surface area contributed by atoms with Crippen LogP contribution in [0.3, 0.4) is 0 Å². The van der Waals surface area contributed by atoms with Gasteiger partial charge in [-0.05, 0) is 36.4 Å². The van der Waals surface area contributed by atoms with E-state index in [-0.39, 0.29) is 25.7 Å². The van der Waals surface area contributed by atoms with Crippen molar-refractivity contribution in [3.63, 3.8) is 0 Å². The van der Waals surface area contributed by atoms with Gasteiger partial charge in [0.05, 0.1) is 15.7 Å². The summed E-state index contributed by atoms with van der Waals surface area (Å²) in [6.07, 6.45) is 0. The van der Waals surface area contributed by atoms with Crippen molar-refractivity contribution in [3.8, 4) is 0 Å². The summed E-state index contributed by atoms with van der Waals surface area (Å²) in [5, 5.41) is 0.106. The van der Waals surface area contributed by atoms with Gasteiger partial charge in [-0.15, -0.1) is 0 Å². The number of benzene rings is 2. The Labute approximate surface area is 136 Å². The van der Waals surface area contributed by atoms with Crippen LogP contribution < -0.4 is 4.31 Å². The molecular formula is C13H9Cl3FNO2S. The summed E-state index contributed by atoms with van der Waals surface area (Å²) in [5.41, 5.74) is 0.206. The first kappa shape index (κ1) is 16.4. The first-order chi connectivity index (χ1) is 9.73. The number of halogens is 4. The molecule has 8 heteroatoms. The highest BCUT2D eigenvalue weighted by Gasteiger charge is 2.25. The first-order valence-corrected chi connectivity index (χ1v) is 8.20. The van der Waals surface area contributed by atoms with Crippen molar-refractivity contribution in [3.05, 3.63) is 57.3 Å². The zero-order chi connectivity index (χ0) is 15.8. The third kappa shape index (κ3) is 3.26. The van der Waals surface area contributed by atoms with E-state index in [1.54, 1.807) is 0 Å². The van der Waals surface area contributed by atoms with E-state index in [2.05, 4.69) is 0 Å². The molecule has 2 aromatic carbocycles. The SMILES string of the molecule is CN(c1ccc(F)c(Cl)c1)S(=O)(=O)c1cc(Cl)ccc1Cl. The maximum absolute atomic E-state index is 13.2. The first-order valence-electron chi connectivity index (χ1n) is 5.62. The van der Waals surface area contributed by atoms with Gasteiger partial charge in [0.25, 0.3) is 10.0 Å². The van der Waals surface area contributed by atoms with Crippen molar-refractivity contribution in [2.45, 2.75) is 4.90 Å². The summed E-state index contributed by atoms with van der Waals surface area (Å²) < 4.78 is 39.2. The second-order valence-corrected chi connectivity index (χ2v) is 7.33. The van der Waals surface area contributed by atoms with Gasteiger partial charge in [-0.3, -0.25) is 4.31 Å². The Bertz CT molecular complexity index is 796. The summed E-state index contributed by atoms with van der Waals surface area (Å²) in [6, 6.07) is 7.73. The molecule has 0 aromatic heterocycles. The van der Waals surface area contributed by atoms with E-state index < -0.39 is 15.8 Å². The van der Waals surface area contributed by atoms with Crippen LogP contribution in [0.15, 0.2) is 41.3 Å². The van der Waals surface area contributed by atoms with E-state index in [1.165, 1.54) is 37.4 Å². The zero-order valence-electron chi connectivity index (χ0n) is 10.6. The number of anilines is 1. The van der Waals surface area contributed by atoms with Gasteiger partial charge < -0.3 is 0 Å². The van der Waals surface area contributed by atoms with Crippen LogP contribution >= 0.6 is 34.8 Å². The minimum absolute atomic E-state index is 0.0412. The lowest BCUT2D eigenvalue weighted by Crippen LogP contribution is -2.26. The molecule has 0 saturated carbocycles. The Hall–Kier alpha value is -1.01. The van der Waals surface area contributed by atoms with Crippen LogP contribution in [-0.4, -0.2) is 15.5 Å². The average molecular weight is 369 g/mol. The van der Waals surface area contributed by atoms with E-state index in [9.17, 15) is 12.8 Å². The quantitative estimate of drug-likeness (QED) is 0.793. The van der Waals surface area contributed by atoms with Crippen molar-refractivity contribution in [1.29, 1.82) is 0 Å². The second-order valence-electron chi connectivity index (χ2n) is 4.15. The number of rotatable bonds is 3. The Morgan fingerprint density at radius 3 is 2.29 bits per heavy atom. The van der Waals surface area contributed by atoms with Crippen LogP contribution in [0.1, 0.15) is 0 Å². The van der Waals surface area contributed by atoms with Gasteiger partial charge >= 0.3 is 0 Å². The second kappa shape index (κ2) is 6.01. The van der Waals surface area contributed by atoms with Crippen LogP contribution in [0.2, 0.25) is 15.1 Å². The molecule has 0 atom stereocenters. The fourth-order valence-corrected chi connectivity index (χ4v) is 3.74. The molecule has 0 spiro atoms. The van der Waals surface area contributed by atoms with E-state index in [0.717, 1.165) is 10.4 Å². The predicted molar refractivity (Wildman–Crippen MR) is 83.5 cm³/mol.